The van der Waals surface area contributed by atoms with Crippen molar-refractivity contribution in [3.05, 3.63) is 102 Å². The number of rotatable bonds is 1. The van der Waals surface area contributed by atoms with Crippen LogP contribution >= 0.6 is 18.7 Å². The van der Waals surface area contributed by atoms with E-state index in [2.05, 4.69) is 36.4 Å². The summed E-state index contributed by atoms with van der Waals surface area (Å²) >= 11 is 6.43. The molecule has 0 saturated heterocycles. The summed E-state index contributed by atoms with van der Waals surface area (Å²) in [7, 11) is -3.03. The van der Waals surface area contributed by atoms with Gasteiger partial charge in [0.05, 0.1) is 0 Å². The van der Waals surface area contributed by atoms with Crippen LogP contribution < -0.4 is 15.9 Å². The van der Waals surface area contributed by atoms with Gasteiger partial charge in [0.1, 0.15) is 0 Å². The maximum Gasteiger partial charge on any atom is 0.172 e. The Kier molecular flexibility index (Phi) is 3.56. The van der Waals surface area contributed by atoms with Crippen molar-refractivity contribution in [1.82, 2.24) is 0 Å². The fourth-order valence-corrected chi connectivity index (χ4v) is 8.17. The third kappa shape index (κ3) is 2.20. The Labute approximate surface area is 173 Å². The van der Waals surface area contributed by atoms with Gasteiger partial charge in [0, 0.05) is 26.5 Å². The summed E-state index contributed by atoms with van der Waals surface area (Å²) < 4.78 is 15.0. The average molecular weight is 411 g/mol. The zero-order chi connectivity index (χ0) is 19.6. The van der Waals surface area contributed by atoms with Crippen molar-refractivity contribution < 1.29 is 4.57 Å². The first-order valence-corrected chi connectivity index (χ1v) is 11.7. The molecule has 138 valence electrons. The summed E-state index contributed by atoms with van der Waals surface area (Å²) in [5, 5.41) is 7.73. The minimum absolute atomic E-state index is 0.658. The summed E-state index contributed by atoms with van der Waals surface area (Å²) in [6, 6.07) is 32.3. The Morgan fingerprint density at radius 3 is 2.10 bits per heavy atom. The molecule has 0 saturated carbocycles. The lowest BCUT2D eigenvalue weighted by atomic mass is 9.93. The van der Waals surface area contributed by atoms with Gasteiger partial charge in [-0.05, 0) is 39.2 Å². The fourth-order valence-electron chi connectivity index (χ4n) is 4.73. The quantitative estimate of drug-likeness (QED) is 0.231. The monoisotopic (exact) mass is 410 g/mol. The van der Waals surface area contributed by atoms with Gasteiger partial charge in [-0.3, -0.25) is 0 Å². The lowest BCUT2D eigenvalue weighted by molar-refractivity contribution is 0.593. The van der Waals surface area contributed by atoms with Crippen LogP contribution in [0.5, 0.6) is 0 Å². The summed E-state index contributed by atoms with van der Waals surface area (Å²) in [5.41, 5.74) is 2.14. The molecule has 0 bridgehead atoms. The smallest absolute Gasteiger partial charge is 0.172 e. The SMILES string of the molecule is O=P1(c2ccccc2)c2ccccc2-c2c1c1cc(Cl)ccc1c1ccccc21. The molecular formula is C26H16ClOP. The van der Waals surface area contributed by atoms with Crippen LogP contribution in [0.3, 0.4) is 0 Å². The lowest BCUT2D eigenvalue weighted by Crippen LogP contribution is -2.21. The van der Waals surface area contributed by atoms with Gasteiger partial charge in [0.2, 0.25) is 0 Å². The Balaban J connectivity index is 1.93. The minimum Gasteiger partial charge on any atom is -0.309 e. The molecule has 0 amide bonds. The van der Waals surface area contributed by atoms with Crippen LogP contribution in [0.25, 0.3) is 32.7 Å². The predicted molar refractivity (Wildman–Crippen MR) is 125 cm³/mol. The zero-order valence-electron chi connectivity index (χ0n) is 15.5. The molecule has 1 aliphatic rings. The second kappa shape index (κ2) is 6.07. The highest BCUT2D eigenvalue weighted by atomic mass is 35.5. The molecule has 1 nitrogen and oxygen atoms in total. The molecule has 0 spiro atoms. The standard InChI is InChI=1S/C26H16ClOP/c27-17-14-15-20-19-10-4-5-11-21(19)25-22-12-6-7-13-24(22)29(28,26(25)23(20)16-17)18-8-2-1-3-9-18/h1-16H. The molecule has 29 heavy (non-hydrogen) atoms. The fraction of sp³-hybridized carbons (Fsp3) is 0. The molecule has 0 N–H and O–H groups in total. The second-order valence-electron chi connectivity index (χ2n) is 7.42. The molecular weight excluding hydrogens is 395 g/mol. The summed E-state index contributed by atoms with van der Waals surface area (Å²) in [6.07, 6.45) is 0. The van der Waals surface area contributed by atoms with Gasteiger partial charge in [-0.25, -0.2) is 0 Å². The minimum atomic E-state index is -3.03. The van der Waals surface area contributed by atoms with E-state index in [1.54, 1.807) is 0 Å². The first-order valence-electron chi connectivity index (χ1n) is 9.60. The first-order chi connectivity index (χ1) is 14.2. The molecule has 1 unspecified atom stereocenters. The van der Waals surface area contributed by atoms with E-state index in [0.717, 1.165) is 48.6 Å². The molecule has 0 fully saturated rings. The molecule has 6 rings (SSSR count). The zero-order valence-corrected chi connectivity index (χ0v) is 17.1. The van der Waals surface area contributed by atoms with Gasteiger partial charge in [-0.15, -0.1) is 0 Å². The third-order valence-electron chi connectivity index (χ3n) is 5.91. The maximum atomic E-state index is 15.0. The number of fused-ring (bicyclic) bond motifs is 8. The molecule has 0 radical (unpaired) electrons. The van der Waals surface area contributed by atoms with Gasteiger partial charge in [0.15, 0.2) is 7.14 Å². The van der Waals surface area contributed by atoms with E-state index in [1.807, 2.05) is 60.7 Å². The van der Waals surface area contributed by atoms with Crippen LogP contribution in [-0.4, -0.2) is 0 Å². The highest BCUT2D eigenvalue weighted by Crippen LogP contribution is 2.56. The molecule has 0 aromatic heterocycles. The van der Waals surface area contributed by atoms with Crippen molar-refractivity contribution in [2.24, 2.45) is 0 Å². The summed E-state index contributed by atoms with van der Waals surface area (Å²) in [6.45, 7) is 0. The molecule has 3 heteroatoms. The van der Waals surface area contributed by atoms with E-state index >= 15 is 0 Å². The predicted octanol–water partition coefficient (Wildman–Crippen LogP) is 6.27. The van der Waals surface area contributed by atoms with E-state index in [1.165, 1.54) is 0 Å². The first kappa shape index (κ1) is 17.0. The largest absolute Gasteiger partial charge is 0.309 e. The molecule has 1 aliphatic heterocycles. The Bertz CT molecular complexity index is 1490. The van der Waals surface area contributed by atoms with Crippen LogP contribution in [0.1, 0.15) is 0 Å². The van der Waals surface area contributed by atoms with Gasteiger partial charge in [0.25, 0.3) is 0 Å². The van der Waals surface area contributed by atoms with E-state index in [9.17, 15) is 4.57 Å². The van der Waals surface area contributed by atoms with E-state index < -0.39 is 7.14 Å². The topological polar surface area (TPSA) is 17.1 Å². The van der Waals surface area contributed by atoms with Gasteiger partial charge in [-0.2, -0.15) is 0 Å². The highest BCUT2D eigenvalue weighted by Gasteiger charge is 2.42. The number of hydrogen-bond acceptors (Lipinski definition) is 1. The van der Waals surface area contributed by atoms with E-state index in [4.69, 9.17) is 11.6 Å². The van der Waals surface area contributed by atoms with Gasteiger partial charge in [-0.1, -0.05) is 96.5 Å². The van der Waals surface area contributed by atoms with E-state index in [0.29, 0.717) is 5.02 Å². The second-order valence-corrected chi connectivity index (χ2v) is 10.5. The van der Waals surface area contributed by atoms with Crippen molar-refractivity contribution >= 4 is 56.2 Å². The van der Waals surface area contributed by atoms with Crippen molar-refractivity contribution in [2.45, 2.75) is 0 Å². The van der Waals surface area contributed by atoms with Gasteiger partial charge < -0.3 is 4.57 Å². The van der Waals surface area contributed by atoms with Crippen LogP contribution in [0.4, 0.5) is 0 Å². The van der Waals surface area contributed by atoms with Gasteiger partial charge >= 0.3 is 0 Å². The lowest BCUT2D eigenvalue weighted by Gasteiger charge is -2.19. The average Bonchev–Trinajstić information content (AvgIpc) is 3.05. The number of hydrogen-bond donors (Lipinski definition) is 0. The van der Waals surface area contributed by atoms with Crippen LogP contribution in [-0.2, 0) is 4.57 Å². The summed E-state index contributed by atoms with van der Waals surface area (Å²) in [5.74, 6) is 0. The van der Waals surface area contributed by atoms with Crippen LogP contribution in [0.2, 0.25) is 5.02 Å². The van der Waals surface area contributed by atoms with Crippen molar-refractivity contribution in [1.29, 1.82) is 0 Å². The van der Waals surface area contributed by atoms with Crippen LogP contribution in [0, 0.1) is 0 Å². The molecule has 1 atom stereocenters. The van der Waals surface area contributed by atoms with Crippen LogP contribution in [0.15, 0.2) is 97.1 Å². The highest BCUT2D eigenvalue weighted by molar-refractivity contribution is 7.87. The normalized spacial score (nSPS) is 17.4. The van der Waals surface area contributed by atoms with Crippen molar-refractivity contribution in [3.8, 4) is 11.1 Å². The molecule has 1 heterocycles. The Morgan fingerprint density at radius 2 is 1.28 bits per heavy atom. The van der Waals surface area contributed by atoms with E-state index in [-0.39, 0.29) is 0 Å². The molecule has 5 aromatic rings. The number of benzene rings is 5. The van der Waals surface area contributed by atoms with Crippen molar-refractivity contribution in [2.75, 3.05) is 0 Å². The third-order valence-corrected chi connectivity index (χ3v) is 9.33. The number of halogens is 1. The molecule has 0 aliphatic carbocycles. The maximum absolute atomic E-state index is 15.0. The Morgan fingerprint density at radius 1 is 0.621 bits per heavy atom. The van der Waals surface area contributed by atoms with Crippen molar-refractivity contribution in [3.63, 3.8) is 0 Å². The summed E-state index contributed by atoms with van der Waals surface area (Å²) in [4.78, 5) is 0. The molecule has 5 aromatic carbocycles. The Hall–Kier alpha value is -2.86.